The minimum absolute atomic E-state index is 0.142. The topological polar surface area (TPSA) is 47.6 Å². The van der Waals surface area contributed by atoms with Crippen LogP contribution in [0.3, 0.4) is 0 Å². The average molecular weight is 297 g/mol. The van der Waals surface area contributed by atoms with Gasteiger partial charge in [-0.2, -0.15) is 0 Å². The van der Waals surface area contributed by atoms with Crippen molar-refractivity contribution in [2.24, 2.45) is 0 Å². The summed E-state index contributed by atoms with van der Waals surface area (Å²) in [6, 6.07) is 15.1. The molecule has 0 amide bonds. The summed E-state index contributed by atoms with van der Waals surface area (Å²) in [5.41, 5.74) is 1.62. The fourth-order valence-corrected chi connectivity index (χ4v) is 2.00. The van der Waals surface area contributed by atoms with Gasteiger partial charge in [-0.25, -0.2) is 0 Å². The molecule has 2 rings (SSSR count). The van der Waals surface area contributed by atoms with Crippen molar-refractivity contribution < 1.29 is 14.3 Å². The molecule has 4 heteroatoms. The molecule has 2 aromatic carbocycles. The highest BCUT2D eigenvalue weighted by atomic mass is 16.5. The third-order valence-corrected chi connectivity index (χ3v) is 3.17. The smallest absolute Gasteiger partial charge is 0.191 e. The van der Waals surface area contributed by atoms with Crippen LogP contribution in [0.2, 0.25) is 0 Å². The number of carbonyl (C=O) groups excluding carboxylic acids is 1. The zero-order valence-electron chi connectivity index (χ0n) is 12.7. The predicted octanol–water partition coefficient (Wildman–Crippen LogP) is 3.19. The first-order valence-corrected chi connectivity index (χ1v) is 6.95. The minimum Gasteiger partial charge on any atom is -0.497 e. The molecule has 2 aromatic rings. The van der Waals surface area contributed by atoms with Crippen LogP contribution in [0.5, 0.6) is 11.5 Å². The van der Waals surface area contributed by atoms with Crippen molar-refractivity contribution in [2.75, 3.05) is 14.2 Å². The van der Waals surface area contributed by atoms with Crippen LogP contribution in [0.25, 0.3) is 0 Å². The quantitative estimate of drug-likeness (QED) is 0.630. The van der Waals surface area contributed by atoms with Crippen molar-refractivity contribution in [1.29, 1.82) is 0 Å². The van der Waals surface area contributed by atoms with E-state index in [-0.39, 0.29) is 5.78 Å². The Bertz CT molecular complexity index is 651. The van der Waals surface area contributed by atoms with Gasteiger partial charge in [-0.15, -0.1) is 0 Å². The normalized spacial score (nSPS) is 10.5. The molecule has 0 aliphatic rings. The van der Waals surface area contributed by atoms with Crippen molar-refractivity contribution in [3.8, 4) is 11.5 Å². The van der Waals surface area contributed by atoms with Gasteiger partial charge < -0.3 is 14.8 Å². The van der Waals surface area contributed by atoms with Gasteiger partial charge in [-0.3, -0.25) is 4.79 Å². The van der Waals surface area contributed by atoms with Gasteiger partial charge in [0.1, 0.15) is 11.5 Å². The monoisotopic (exact) mass is 297 g/mol. The molecule has 0 fully saturated rings. The molecular weight excluding hydrogens is 278 g/mol. The van der Waals surface area contributed by atoms with Crippen LogP contribution in [-0.2, 0) is 6.54 Å². The minimum atomic E-state index is -0.142. The van der Waals surface area contributed by atoms with Crippen LogP contribution in [0.15, 0.2) is 60.8 Å². The van der Waals surface area contributed by atoms with Crippen molar-refractivity contribution >= 4 is 5.78 Å². The van der Waals surface area contributed by atoms with E-state index in [1.807, 2.05) is 30.3 Å². The Balaban J connectivity index is 2.00. The van der Waals surface area contributed by atoms with E-state index in [0.29, 0.717) is 23.6 Å². The van der Waals surface area contributed by atoms with Crippen molar-refractivity contribution in [1.82, 2.24) is 5.32 Å². The summed E-state index contributed by atoms with van der Waals surface area (Å²) < 4.78 is 10.4. The van der Waals surface area contributed by atoms with Crippen LogP contribution < -0.4 is 14.8 Å². The molecule has 0 aliphatic heterocycles. The molecular formula is C18H19NO3. The maximum Gasteiger partial charge on any atom is 0.191 e. The molecule has 0 aliphatic carbocycles. The largest absolute Gasteiger partial charge is 0.497 e. The summed E-state index contributed by atoms with van der Waals surface area (Å²) in [5, 5.41) is 3.09. The van der Waals surface area contributed by atoms with Crippen LogP contribution in [0, 0.1) is 0 Å². The highest BCUT2D eigenvalue weighted by molar-refractivity contribution is 6.06. The van der Waals surface area contributed by atoms with Crippen LogP contribution in [-0.4, -0.2) is 20.0 Å². The van der Waals surface area contributed by atoms with E-state index < -0.39 is 0 Å². The number of carbonyl (C=O) groups is 1. The Hall–Kier alpha value is -2.75. The zero-order chi connectivity index (χ0) is 15.8. The van der Waals surface area contributed by atoms with E-state index in [1.165, 1.54) is 13.2 Å². The molecule has 0 radical (unpaired) electrons. The van der Waals surface area contributed by atoms with E-state index in [2.05, 4.69) is 5.32 Å². The van der Waals surface area contributed by atoms with E-state index in [4.69, 9.17) is 9.47 Å². The van der Waals surface area contributed by atoms with Crippen molar-refractivity contribution in [3.63, 3.8) is 0 Å². The van der Waals surface area contributed by atoms with Crippen LogP contribution >= 0.6 is 0 Å². The van der Waals surface area contributed by atoms with Gasteiger partial charge >= 0.3 is 0 Å². The van der Waals surface area contributed by atoms with Gasteiger partial charge in [0.05, 0.1) is 19.8 Å². The Kier molecular flexibility index (Phi) is 5.60. The van der Waals surface area contributed by atoms with Crippen molar-refractivity contribution in [2.45, 2.75) is 6.54 Å². The number of rotatable bonds is 7. The van der Waals surface area contributed by atoms with E-state index >= 15 is 0 Å². The van der Waals surface area contributed by atoms with Gasteiger partial charge in [0.15, 0.2) is 5.78 Å². The van der Waals surface area contributed by atoms with E-state index in [1.54, 1.807) is 31.5 Å². The molecule has 4 nitrogen and oxygen atoms in total. The van der Waals surface area contributed by atoms with Gasteiger partial charge in [-0.05, 0) is 23.8 Å². The first-order chi connectivity index (χ1) is 10.7. The second kappa shape index (κ2) is 7.88. The Morgan fingerprint density at radius 2 is 1.86 bits per heavy atom. The fourth-order valence-electron chi connectivity index (χ4n) is 2.00. The number of nitrogens with one attached hydrogen (secondary N) is 1. The molecule has 0 unspecified atom stereocenters. The maximum atomic E-state index is 12.2. The number of hydrogen-bond donors (Lipinski definition) is 1. The third-order valence-electron chi connectivity index (χ3n) is 3.17. The lowest BCUT2D eigenvalue weighted by Crippen LogP contribution is -2.06. The van der Waals surface area contributed by atoms with Crippen LogP contribution in [0.1, 0.15) is 15.9 Å². The molecule has 0 heterocycles. The standard InChI is InChI=1S/C18H19NO3/c1-21-15-8-9-18(22-2)16(12-15)17(20)10-11-19-13-14-6-4-3-5-7-14/h3-12,19H,13H2,1-2H3. The Morgan fingerprint density at radius 3 is 2.55 bits per heavy atom. The molecule has 0 aromatic heterocycles. The summed E-state index contributed by atoms with van der Waals surface area (Å²) >= 11 is 0. The fraction of sp³-hybridized carbons (Fsp3) is 0.167. The summed E-state index contributed by atoms with van der Waals surface area (Å²) in [6.07, 6.45) is 3.13. The highest BCUT2D eigenvalue weighted by Crippen LogP contribution is 2.24. The first-order valence-electron chi connectivity index (χ1n) is 6.95. The second-order valence-electron chi connectivity index (χ2n) is 4.63. The summed E-state index contributed by atoms with van der Waals surface area (Å²) in [6.45, 7) is 0.667. The molecule has 0 bridgehead atoms. The first kappa shape index (κ1) is 15.6. The number of methoxy groups -OCH3 is 2. The summed E-state index contributed by atoms with van der Waals surface area (Å²) in [7, 11) is 3.10. The zero-order valence-corrected chi connectivity index (χ0v) is 12.7. The summed E-state index contributed by atoms with van der Waals surface area (Å²) in [4.78, 5) is 12.2. The maximum absolute atomic E-state index is 12.2. The molecule has 0 spiro atoms. The van der Waals surface area contributed by atoms with Crippen LogP contribution in [0.4, 0.5) is 0 Å². The number of ketones is 1. The molecule has 114 valence electrons. The number of ether oxygens (including phenoxy) is 2. The lowest BCUT2D eigenvalue weighted by Gasteiger charge is -2.08. The Labute approximate surface area is 130 Å². The SMILES string of the molecule is COc1ccc(OC)c(C(=O)C=CNCc2ccccc2)c1. The lowest BCUT2D eigenvalue weighted by molar-refractivity contribution is 0.104. The average Bonchev–Trinajstić information content (AvgIpc) is 2.58. The predicted molar refractivity (Wildman–Crippen MR) is 86.3 cm³/mol. The number of benzene rings is 2. The molecule has 1 N–H and O–H groups in total. The lowest BCUT2D eigenvalue weighted by atomic mass is 10.1. The Morgan fingerprint density at radius 1 is 1.09 bits per heavy atom. The summed E-state index contributed by atoms with van der Waals surface area (Å²) in [5.74, 6) is 1.00. The molecule has 22 heavy (non-hydrogen) atoms. The van der Waals surface area contributed by atoms with Gasteiger partial charge in [0.2, 0.25) is 0 Å². The molecule has 0 atom stereocenters. The van der Waals surface area contributed by atoms with Gasteiger partial charge in [0, 0.05) is 18.8 Å². The van der Waals surface area contributed by atoms with Gasteiger partial charge in [-0.1, -0.05) is 30.3 Å². The molecule has 0 saturated carbocycles. The number of hydrogen-bond acceptors (Lipinski definition) is 4. The van der Waals surface area contributed by atoms with Crippen molar-refractivity contribution in [3.05, 3.63) is 71.9 Å². The second-order valence-corrected chi connectivity index (χ2v) is 4.63. The van der Waals surface area contributed by atoms with E-state index in [0.717, 1.165) is 5.56 Å². The highest BCUT2D eigenvalue weighted by Gasteiger charge is 2.10. The third kappa shape index (κ3) is 4.12. The van der Waals surface area contributed by atoms with Gasteiger partial charge in [0.25, 0.3) is 0 Å². The van der Waals surface area contributed by atoms with E-state index in [9.17, 15) is 4.79 Å². The number of allylic oxidation sites excluding steroid dienone is 1. The molecule has 0 saturated heterocycles.